The van der Waals surface area contributed by atoms with Crippen molar-refractivity contribution in [2.45, 2.75) is 19.9 Å². The third-order valence-electron chi connectivity index (χ3n) is 2.84. The number of nitrogens with one attached hydrogen (secondary N) is 2. The van der Waals surface area contributed by atoms with Gasteiger partial charge in [0.05, 0.1) is 18.2 Å². The highest BCUT2D eigenvalue weighted by molar-refractivity contribution is 7.80. The first kappa shape index (κ1) is 15.0. The van der Waals surface area contributed by atoms with E-state index in [4.69, 9.17) is 21.4 Å². The van der Waals surface area contributed by atoms with Crippen molar-refractivity contribution in [3.8, 4) is 0 Å². The summed E-state index contributed by atoms with van der Waals surface area (Å²) in [7, 11) is 0. The zero-order valence-corrected chi connectivity index (χ0v) is 12.2. The second-order valence-corrected chi connectivity index (χ2v) is 4.63. The third kappa shape index (κ3) is 3.02. The number of carbonyl (C=O) groups is 1. The number of nitrogens with zero attached hydrogens (tertiary/aromatic N) is 1. The largest absolute Gasteiger partial charge is 0.463 e. The van der Waals surface area contributed by atoms with Crippen molar-refractivity contribution in [3.63, 3.8) is 0 Å². The summed E-state index contributed by atoms with van der Waals surface area (Å²) in [4.78, 5) is 22.1. The molecule has 2 heterocycles. The van der Waals surface area contributed by atoms with E-state index in [1.54, 1.807) is 13.8 Å². The minimum Gasteiger partial charge on any atom is -0.463 e. The van der Waals surface area contributed by atoms with E-state index < -0.39 is 22.8 Å². The summed E-state index contributed by atoms with van der Waals surface area (Å²) in [5.41, 5.74) is 0.788. The summed E-state index contributed by atoms with van der Waals surface area (Å²) >= 11 is 5.04. The topological polar surface area (TPSA) is 107 Å². The molecular formula is C12H13N3O5S. The van der Waals surface area contributed by atoms with Gasteiger partial charge in [-0.3, -0.25) is 10.1 Å². The number of allylic oxidation sites excluding steroid dienone is 1. The number of ether oxygens (including phenoxy) is 1. The van der Waals surface area contributed by atoms with Crippen molar-refractivity contribution in [2.75, 3.05) is 6.61 Å². The molecular weight excluding hydrogens is 298 g/mol. The van der Waals surface area contributed by atoms with Gasteiger partial charge in [-0.1, -0.05) is 0 Å². The number of carbonyl (C=O) groups excluding carboxylic acids is 1. The van der Waals surface area contributed by atoms with Crippen LogP contribution >= 0.6 is 12.2 Å². The first-order valence-electron chi connectivity index (χ1n) is 6.13. The molecule has 1 aromatic rings. The molecule has 1 atom stereocenters. The van der Waals surface area contributed by atoms with Gasteiger partial charge in [0.15, 0.2) is 5.11 Å². The molecule has 0 fully saturated rings. The molecule has 1 aliphatic rings. The van der Waals surface area contributed by atoms with Crippen molar-refractivity contribution >= 4 is 29.2 Å². The molecule has 0 aliphatic carbocycles. The molecule has 1 aliphatic heterocycles. The van der Waals surface area contributed by atoms with Gasteiger partial charge in [-0.2, -0.15) is 0 Å². The van der Waals surface area contributed by atoms with Crippen LogP contribution in [0.4, 0.5) is 5.88 Å². The lowest BCUT2D eigenvalue weighted by atomic mass is 10.0. The molecule has 0 amide bonds. The van der Waals surface area contributed by atoms with E-state index in [0.29, 0.717) is 10.8 Å². The molecule has 0 radical (unpaired) electrons. The van der Waals surface area contributed by atoms with Gasteiger partial charge in [-0.15, -0.1) is 0 Å². The standard InChI is InChI=1S/C12H13N3O5S/c1-3-19-11(16)9-6(2)13-12(21)14-10(9)7-4-5-8(20-7)15(17)18/h4-5,10H,3H2,1-2H3,(H2,13,14,21)/t10-/m1/s1. The fourth-order valence-electron chi connectivity index (χ4n) is 1.98. The first-order valence-corrected chi connectivity index (χ1v) is 6.54. The van der Waals surface area contributed by atoms with Crippen LogP contribution < -0.4 is 10.6 Å². The van der Waals surface area contributed by atoms with Gasteiger partial charge in [0.25, 0.3) is 0 Å². The average molecular weight is 311 g/mol. The number of rotatable bonds is 4. The smallest absolute Gasteiger partial charge is 0.433 e. The Balaban J connectivity index is 2.41. The van der Waals surface area contributed by atoms with Crippen LogP contribution in [-0.2, 0) is 9.53 Å². The van der Waals surface area contributed by atoms with Crippen LogP contribution in [0.2, 0.25) is 0 Å². The molecule has 0 bridgehead atoms. The van der Waals surface area contributed by atoms with E-state index >= 15 is 0 Å². The molecule has 0 saturated heterocycles. The SMILES string of the molecule is CCOC(=O)C1=C(C)NC(=S)N[C@@H]1c1ccc([N+](=O)[O-])o1. The number of esters is 1. The summed E-state index contributed by atoms with van der Waals surface area (Å²) in [5, 5.41) is 16.7. The highest BCUT2D eigenvalue weighted by atomic mass is 32.1. The first-order chi connectivity index (χ1) is 9.93. The van der Waals surface area contributed by atoms with E-state index in [1.165, 1.54) is 12.1 Å². The van der Waals surface area contributed by atoms with E-state index in [-0.39, 0.29) is 17.9 Å². The van der Waals surface area contributed by atoms with Gasteiger partial charge in [0.2, 0.25) is 0 Å². The second-order valence-electron chi connectivity index (χ2n) is 4.22. The van der Waals surface area contributed by atoms with Crippen molar-refractivity contribution in [3.05, 3.63) is 39.3 Å². The average Bonchev–Trinajstić information content (AvgIpc) is 2.87. The molecule has 0 unspecified atom stereocenters. The Labute approximate surface area is 125 Å². The number of hydrogen-bond donors (Lipinski definition) is 2. The predicted octanol–water partition coefficient (Wildman–Crippen LogP) is 1.54. The highest BCUT2D eigenvalue weighted by Gasteiger charge is 2.33. The van der Waals surface area contributed by atoms with Crippen molar-refractivity contribution in [1.82, 2.24) is 10.6 Å². The zero-order valence-electron chi connectivity index (χ0n) is 11.3. The molecule has 9 heteroatoms. The van der Waals surface area contributed by atoms with E-state index in [9.17, 15) is 14.9 Å². The summed E-state index contributed by atoms with van der Waals surface area (Å²) in [6.07, 6.45) is 0. The van der Waals surface area contributed by atoms with E-state index in [0.717, 1.165) is 0 Å². The molecule has 8 nitrogen and oxygen atoms in total. The normalized spacial score (nSPS) is 18.0. The molecule has 0 saturated carbocycles. The number of furan rings is 1. The minimum atomic E-state index is -0.730. The Morgan fingerprint density at radius 2 is 2.29 bits per heavy atom. The molecule has 112 valence electrons. The second kappa shape index (κ2) is 5.92. The Hall–Kier alpha value is -2.42. The van der Waals surface area contributed by atoms with Crippen LogP contribution in [-0.4, -0.2) is 22.6 Å². The number of nitro groups is 1. The lowest BCUT2D eigenvalue weighted by Crippen LogP contribution is -2.45. The third-order valence-corrected chi connectivity index (χ3v) is 3.06. The fourth-order valence-corrected chi connectivity index (χ4v) is 2.25. The zero-order chi connectivity index (χ0) is 15.6. The van der Waals surface area contributed by atoms with Crippen LogP contribution in [0, 0.1) is 10.1 Å². The molecule has 2 rings (SSSR count). The monoisotopic (exact) mass is 311 g/mol. The lowest BCUT2D eigenvalue weighted by molar-refractivity contribution is -0.402. The molecule has 0 spiro atoms. The van der Waals surface area contributed by atoms with E-state index in [1.807, 2.05) is 0 Å². The van der Waals surface area contributed by atoms with Crippen LogP contribution in [0.1, 0.15) is 25.6 Å². The highest BCUT2D eigenvalue weighted by Crippen LogP contribution is 2.30. The van der Waals surface area contributed by atoms with Crippen LogP contribution in [0.5, 0.6) is 0 Å². The predicted molar refractivity (Wildman–Crippen MR) is 76.3 cm³/mol. The number of hydrogen-bond acceptors (Lipinski definition) is 6. The molecule has 1 aromatic heterocycles. The van der Waals surface area contributed by atoms with Crippen molar-refractivity contribution in [2.24, 2.45) is 0 Å². The molecule has 0 aromatic carbocycles. The maximum atomic E-state index is 12.1. The van der Waals surface area contributed by atoms with Crippen molar-refractivity contribution in [1.29, 1.82) is 0 Å². The number of thiocarbonyl (C=S) groups is 1. The fraction of sp³-hybridized carbons (Fsp3) is 0.333. The summed E-state index contributed by atoms with van der Waals surface area (Å²) in [5.74, 6) is -0.730. The summed E-state index contributed by atoms with van der Waals surface area (Å²) < 4.78 is 10.1. The lowest BCUT2D eigenvalue weighted by Gasteiger charge is -2.27. The minimum absolute atomic E-state index is 0.213. The maximum absolute atomic E-state index is 12.1. The van der Waals surface area contributed by atoms with Gasteiger partial charge in [-0.05, 0) is 32.1 Å². The summed E-state index contributed by atoms with van der Waals surface area (Å²) in [6.45, 7) is 3.57. The Kier molecular flexibility index (Phi) is 4.22. The van der Waals surface area contributed by atoms with Gasteiger partial charge < -0.3 is 19.8 Å². The van der Waals surface area contributed by atoms with Crippen LogP contribution in [0.25, 0.3) is 0 Å². The van der Waals surface area contributed by atoms with Crippen LogP contribution in [0.15, 0.2) is 27.8 Å². The Bertz CT molecular complexity index is 637. The quantitative estimate of drug-likeness (QED) is 0.373. The van der Waals surface area contributed by atoms with Crippen LogP contribution in [0.3, 0.4) is 0 Å². The maximum Gasteiger partial charge on any atom is 0.433 e. The van der Waals surface area contributed by atoms with E-state index in [2.05, 4.69) is 10.6 Å². The Morgan fingerprint density at radius 3 is 2.86 bits per heavy atom. The van der Waals surface area contributed by atoms with Gasteiger partial charge >= 0.3 is 11.9 Å². The van der Waals surface area contributed by atoms with Gasteiger partial charge in [0, 0.05) is 5.70 Å². The summed E-state index contributed by atoms with van der Waals surface area (Å²) in [6, 6.07) is 1.92. The Morgan fingerprint density at radius 1 is 1.57 bits per heavy atom. The van der Waals surface area contributed by atoms with Gasteiger partial charge in [0.1, 0.15) is 16.7 Å². The van der Waals surface area contributed by atoms with Crippen molar-refractivity contribution < 1.29 is 18.9 Å². The van der Waals surface area contributed by atoms with Gasteiger partial charge in [-0.25, -0.2) is 4.79 Å². The molecule has 2 N–H and O–H groups in total. The molecule has 21 heavy (non-hydrogen) atoms.